The topological polar surface area (TPSA) is 57.8 Å². The Morgan fingerprint density at radius 2 is 2.33 bits per heavy atom. The number of aromatic amines is 1. The molecule has 4 nitrogen and oxygen atoms in total. The van der Waals surface area contributed by atoms with Crippen LogP contribution in [0, 0.1) is 5.92 Å². The largest absolute Gasteiger partial charge is 0.342 e. The normalized spacial score (nSPS) is 15.6. The minimum Gasteiger partial charge on any atom is -0.342 e. The summed E-state index contributed by atoms with van der Waals surface area (Å²) in [6.45, 7) is 2.07. The number of carbonyl (C=O) groups excluding carboxylic acids is 1. The molecule has 1 saturated carbocycles. The van der Waals surface area contributed by atoms with Gasteiger partial charge in [-0.2, -0.15) is 0 Å². The number of benzene rings is 1. The maximum Gasteiger partial charge on any atom is 0.227 e. The molecule has 0 spiro atoms. The van der Waals surface area contributed by atoms with Gasteiger partial charge in [0.05, 0.1) is 11.0 Å². The molecule has 0 radical (unpaired) electrons. The first-order valence-corrected chi connectivity index (χ1v) is 6.56. The molecule has 2 N–H and O–H groups in total. The van der Waals surface area contributed by atoms with Gasteiger partial charge in [-0.25, -0.2) is 4.98 Å². The average molecular weight is 243 g/mol. The summed E-state index contributed by atoms with van der Waals surface area (Å²) in [5.41, 5.74) is 2.79. The van der Waals surface area contributed by atoms with E-state index in [2.05, 4.69) is 22.2 Å². The van der Waals surface area contributed by atoms with Crippen LogP contribution in [0.15, 0.2) is 18.2 Å². The molecule has 18 heavy (non-hydrogen) atoms. The van der Waals surface area contributed by atoms with Gasteiger partial charge in [-0.05, 0) is 31.0 Å². The number of nitrogens with zero attached hydrogens (tertiary/aromatic N) is 1. The quantitative estimate of drug-likeness (QED) is 0.870. The van der Waals surface area contributed by atoms with Crippen molar-refractivity contribution < 1.29 is 4.79 Å². The van der Waals surface area contributed by atoms with E-state index in [1.807, 2.05) is 18.2 Å². The molecular weight excluding hydrogens is 226 g/mol. The van der Waals surface area contributed by atoms with E-state index < -0.39 is 0 Å². The van der Waals surface area contributed by atoms with E-state index in [1.54, 1.807) is 0 Å². The highest BCUT2D eigenvalue weighted by atomic mass is 16.1. The van der Waals surface area contributed by atoms with Crippen molar-refractivity contribution in [2.45, 2.75) is 32.6 Å². The van der Waals surface area contributed by atoms with Gasteiger partial charge in [0.15, 0.2) is 0 Å². The first-order valence-electron chi connectivity index (χ1n) is 6.56. The zero-order valence-corrected chi connectivity index (χ0v) is 10.5. The van der Waals surface area contributed by atoms with Crippen LogP contribution >= 0.6 is 0 Å². The van der Waals surface area contributed by atoms with E-state index in [0.29, 0.717) is 0 Å². The zero-order valence-electron chi connectivity index (χ0n) is 10.5. The lowest BCUT2D eigenvalue weighted by Crippen LogP contribution is -2.27. The van der Waals surface area contributed by atoms with Crippen molar-refractivity contribution in [2.75, 3.05) is 5.32 Å². The SMILES string of the molecule is CCc1nc2ccc(NC(=O)C3CCC3)cc2[nH]1. The lowest BCUT2D eigenvalue weighted by atomic mass is 9.85. The fourth-order valence-electron chi connectivity index (χ4n) is 2.22. The van der Waals surface area contributed by atoms with Crippen molar-refractivity contribution in [1.82, 2.24) is 9.97 Å². The van der Waals surface area contributed by atoms with Gasteiger partial charge in [-0.15, -0.1) is 0 Å². The Labute approximate surface area is 106 Å². The summed E-state index contributed by atoms with van der Waals surface area (Å²) in [5.74, 6) is 1.34. The lowest BCUT2D eigenvalue weighted by Gasteiger charge is -2.23. The van der Waals surface area contributed by atoms with E-state index in [4.69, 9.17) is 0 Å². The van der Waals surface area contributed by atoms with Crippen LogP contribution in [-0.2, 0) is 11.2 Å². The molecule has 1 aromatic carbocycles. The van der Waals surface area contributed by atoms with E-state index in [0.717, 1.165) is 41.8 Å². The van der Waals surface area contributed by atoms with Crippen molar-refractivity contribution in [3.63, 3.8) is 0 Å². The summed E-state index contributed by atoms with van der Waals surface area (Å²) in [6.07, 6.45) is 4.12. The molecule has 0 unspecified atom stereocenters. The van der Waals surface area contributed by atoms with Gasteiger partial charge in [0.1, 0.15) is 5.82 Å². The van der Waals surface area contributed by atoms with Gasteiger partial charge in [0.25, 0.3) is 0 Å². The van der Waals surface area contributed by atoms with Crippen molar-refractivity contribution in [2.24, 2.45) is 5.92 Å². The molecule has 1 amide bonds. The number of anilines is 1. The lowest BCUT2D eigenvalue weighted by molar-refractivity contribution is -0.122. The van der Waals surface area contributed by atoms with Crippen LogP contribution in [0.4, 0.5) is 5.69 Å². The van der Waals surface area contributed by atoms with Crippen LogP contribution in [0.2, 0.25) is 0 Å². The van der Waals surface area contributed by atoms with Gasteiger partial charge in [0, 0.05) is 18.0 Å². The van der Waals surface area contributed by atoms with Crippen LogP contribution in [0.5, 0.6) is 0 Å². The molecule has 0 saturated heterocycles. The van der Waals surface area contributed by atoms with Gasteiger partial charge < -0.3 is 10.3 Å². The second-order valence-corrected chi connectivity index (χ2v) is 4.89. The highest BCUT2D eigenvalue weighted by Crippen LogP contribution is 2.28. The number of amides is 1. The van der Waals surface area contributed by atoms with E-state index in [9.17, 15) is 4.79 Å². The highest BCUT2D eigenvalue weighted by molar-refractivity contribution is 5.94. The molecule has 1 aliphatic rings. The van der Waals surface area contributed by atoms with Gasteiger partial charge in [-0.3, -0.25) is 4.79 Å². The molecule has 0 atom stereocenters. The zero-order chi connectivity index (χ0) is 12.5. The smallest absolute Gasteiger partial charge is 0.227 e. The molecule has 0 aliphatic heterocycles. The first kappa shape index (κ1) is 11.3. The fraction of sp³-hybridized carbons (Fsp3) is 0.429. The Balaban J connectivity index is 1.81. The van der Waals surface area contributed by atoms with Crippen molar-refractivity contribution in [1.29, 1.82) is 0 Å². The molecule has 1 heterocycles. The van der Waals surface area contributed by atoms with Crippen LogP contribution in [0.25, 0.3) is 11.0 Å². The Morgan fingerprint density at radius 1 is 1.50 bits per heavy atom. The standard InChI is InChI=1S/C14H17N3O/c1-2-13-16-11-7-6-10(8-12(11)17-13)15-14(18)9-4-3-5-9/h6-9H,2-5H2,1H3,(H,15,18)(H,16,17). The molecule has 1 fully saturated rings. The van der Waals surface area contributed by atoms with Crippen molar-refractivity contribution >= 4 is 22.6 Å². The number of fused-ring (bicyclic) bond motifs is 1. The molecule has 94 valence electrons. The monoisotopic (exact) mass is 243 g/mol. The van der Waals surface area contributed by atoms with E-state index >= 15 is 0 Å². The van der Waals surface area contributed by atoms with Gasteiger partial charge >= 0.3 is 0 Å². The van der Waals surface area contributed by atoms with Crippen molar-refractivity contribution in [3.8, 4) is 0 Å². The molecule has 1 aromatic heterocycles. The first-order chi connectivity index (χ1) is 8.76. The summed E-state index contributed by atoms with van der Waals surface area (Å²) in [5, 5.41) is 2.98. The molecular formula is C14H17N3O. The van der Waals surface area contributed by atoms with E-state index in [-0.39, 0.29) is 11.8 Å². The predicted molar refractivity (Wildman–Crippen MR) is 71.4 cm³/mol. The summed E-state index contributed by atoms with van der Waals surface area (Å²) in [4.78, 5) is 19.6. The number of hydrogen-bond acceptors (Lipinski definition) is 2. The fourth-order valence-corrected chi connectivity index (χ4v) is 2.22. The Hall–Kier alpha value is -1.84. The second kappa shape index (κ2) is 4.44. The molecule has 1 aliphatic carbocycles. The Morgan fingerprint density at radius 3 is 3.00 bits per heavy atom. The maximum atomic E-state index is 11.9. The van der Waals surface area contributed by atoms with Crippen LogP contribution in [-0.4, -0.2) is 15.9 Å². The Bertz CT molecular complexity index is 584. The third-order valence-electron chi connectivity index (χ3n) is 3.61. The summed E-state index contributed by atoms with van der Waals surface area (Å²) < 4.78 is 0. The third kappa shape index (κ3) is 1.98. The molecule has 2 aromatic rings. The Kier molecular flexibility index (Phi) is 2.78. The number of imidazole rings is 1. The third-order valence-corrected chi connectivity index (χ3v) is 3.61. The van der Waals surface area contributed by atoms with Crippen molar-refractivity contribution in [3.05, 3.63) is 24.0 Å². The molecule has 3 rings (SSSR count). The minimum absolute atomic E-state index is 0.149. The van der Waals surface area contributed by atoms with Crippen LogP contribution in [0.3, 0.4) is 0 Å². The second-order valence-electron chi connectivity index (χ2n) is 4.89. The highest BCUT2D eigenvalue weighted by Gasteiger charge is 2.25. The van der Waals surface area contributed by atoms with Gasteiger partial charge in [-0.1, -0.05) is 13.3 Å². The number of hydrogen-bond donors (Lipinski definition) is 2. The number of H-pyrrole nitrogens is 1. The summed E-state index contributed by atoms with van der Waals surface area (Å²) >= 11 is 0. The minimum atomic E-state index is 0.149. The number of aryl methyl sites for hydroxylation is 1. The number of aromatic nitrogens is 2. The number of rotatable bonds is 3. The predicted octanol–water partition coefficient (Wildman–Crippen LogP) is 2.86. The summed E-state index contributed by atoms with van der Waals surface area (Å²) in [7, 11) is 0. The molecule has 4 heteroatoms. The maximum absolute atomic E-state index is 11.9. The molecule has 0 bridgehead atoms. The number of carbonyl (C=O) groups is 1. The number of nitrogens with one attached hydrogen (secondary N) is 2. The van der Waals surface area contributed by atoms with Crippen LogP contribution in [0.1, 0.15) is 32.0 Å². The van der Waals surface area contributed by atoms with E-state index in [1.165, 1.54) is 6.42 Å². The van der Waals surface area contributed by atoms with Gasteiger partial charge in [0.2, 0.25) is 5.91 Å². The average Bonchev–Trinajstić information content (AvgIpc) is 2.68. The van der Waals surface area contributed by atoms with Crippen LogP contribution < -0.4 is 5.32 Å². The summed E-state index contributed by atoms with van der Waals surface area (Å²) in [6, 6.07) is 5.82.